The second-order valence-electron chi connectivity index (χ2n) is 3.24. The van der Waals surface area contributed by atoms with Crippen LogP contribution >= 0.6 is 11.6 Å². The van der Waals surface area contributed by atoms with Crippen LogP contribution in [0.2, 0.25) is 5.02 Å². The molecule has 82 valence electrons. The van der Waals surface area contributed by atoms with Crippen LogP contribution in [-0.4, -0.2) is 23.5 Å². The van der Waals surface area contributed by atoms with Gasteiger partial charge in [-0.05, 0) is 12.1 Å². The molecule has 0 radical (unpaired) electrons. The van der Waals surface area contributed by atoms with Crippen molar-refractivity contribution >= 4 is 29.1 Å². The zero-order valence-electron chi connectivity index (χ0n) is 8.07. The normalized spacial score (nSPS) is 18.6. The van der Waals surface area contributed by atoms with E-state index in [1.54, 1.807) is 18.2 Å². The number of cyclic esters (lactones) is 1. The highest BCUT2D eigenvalue weighted by molar-refractivity contribution is 6.43. The first kappa shape index (κ1) is 10.7. The Bertz CT molecular complexity index is 504. The summed E-state index contributed by atoms with van der Waals surface area (Å²) < 4.78 is 4.51. The van der Waals surface area contributed by atoms with Crippen LogP contribution in [0.5, 0.6) is 0 Å². The highest BCUT2D eigenvalue weighted by Crippen LogP contribution is 2.23. The van der Waals surface area contributed by atoms with E-state index in [-0.39, 0.29) is 17.9 Å². The number of halogens is 1. The molecule has 0 atom stereocenters. The maximum atomic E-state index is 11.3. The van der Waals surface area contributed by atoms with Crippen molar-refractivity contribution in [2.24, 2.45) is 0 Å². The quantitative estimate of drug-likeness (QED) is 0.350. The second-order valence-corrected chi connectivity index (χ2v) is 3.68. The lowest BCUT2D eigenvalue weighted by Crippen LogP contribution is -2.07. The Balaban J connectivity index is 2.45. The van der Waals surface area contributed by atoms with Gasteiger partial charge in [-0.15, -0.1) is 0 Å². The number of Topliss-reactive ketones (excluding diaryl/α,β-unsaturated/α-hetero) is 1. The van der Waals surface area contributed by atoms with E-state index >= 15 is 0 Å². The SMILES string of the molecule is O=C1OC/C(=C(/O)c2cccc(Cl)c2)C1=O. The predicted molar refractivity (Wildman–Crippen MR) is 57.0 cm³/mol. The van der Waals surface area contributed by atoms with Crippen molar-refractivity contribution in [1.29, 1.82) is 0 Å². The summed E-state index contributed by atoms with van der Waals surface area (Å²) in [5.41, 5.74) is 0.349. The van der Waals surface area contributed by atoms with Gasteiger partial charge in [-0.2, -0.15) is 0 Å². The van der Waals surface area contributed by atoms with Crippen molar-refractivity contribution in [1.82, 2.24) is 0 Å². The van der Waals surface area contributed by atoms with Crippen molar-refractivity contribution in [2.75, 3.05) is 6.61 Å². The van der Waals surface area contributed by atoms with E-state index in [0.29, 0.717) is 10.6 Å². The van der Waals surface area contributed by atoms with Gasteiger partial charge in [-0.1, -0.05) is 23.7 Å². The largest absolute Gasteiger partial charge is 0.507 e. The Labute approximate surface area is 96.1 Å². The monoisotopic (exact) mass is 238 g/mol. The molecule has 16 heavy (non-hydrogen) atoms. The van der Waals surface area contributed by atoms with Gasteiger partial charge >= 0.3 is 5.97 Å². The Hall–Kier alpha value is -1.81. The van der Waals surface area contributed by atoms with Gasteiger partial charge in [-0.3, -0.25) is 4.79 Å². The lowest BCUT2D eigenvalue weighted by atomic mass is 10.1. The van der Waals surface area contributed by atoms with E-state index in [4.69, 9.17) is 11.6 Å². The number of aliphatic hydroxyl groups excluding tert-OH is 1. The molecule has 1 aliphatic rings. The molecule has 1 aromatic carbocycles. The fourth-order valence-electron chi connectivity index (χ4n) is 1.38. The van der Waals surface area contributed by atoms with Gasteiger partial charge in [-0.25, -0.2) is 4.79 Å². The van der Waals surface area contributed by atoms with Crippen LogP contribution in [0.25, 0.3) is 5.76 Å². The predicted octanol–water partition coefficient (Wildman–Crippen LogP) is 1.73. The highest BCUT2D eigenvalue weighted by atomic mass is 35.5. The van der Waals surface area contributed by atoms with Gasteiger partial charge in [0.1, 0.15) is 12.4 Å². The Morgan fingerprint density at radius 1 is 1.38 bits per heavy atom. The molecule has 2 rings (SSSR count). The third kappa shape index (κ3) is 1.79. The first-order valence-electron chi connectivity index (χ1n) is 4.49. The molecule has 0 unspecified atom stereocenters. The minimum Gasteiger partial charge on any atom is -0.507 e. The van der Waals surface area contributed by atoms with Gasteiger partial charge in [0, 0.05) is 10.6 Å². The van der Waals surface area contributed by atoms with E-state index in [1.165, 1.54) is 6.07 Å². The fourth-order valence-corrected chi connectivity index (χ4v) is 1.57. The molecular formula is C11H7ClO4. The van der Waals surface area contributed by atoms with Crippen LogP contribution in [0, 0.1) is 0 Å². The number of ketones is 1. The number of rotatable bonds is 1. The molecule has 1 saturated heterocycles. The third-order valence-electron chi connectivity index (χ3n) is 2.19. The third-order valence-corrected chi connectivity index (χ3v) is 2.43. The van der Waals surface area contributed by atoms with Crippen LogP contribution in [0.4, 0.5) is 0 Å². The minimum absolute atomic E-state index is 0.0349. The second kappa shape index (κ2) is 3.98. The summed E-state index contributed by atoms with van der Waals surface area (Å²) >= 11 is 5.74. The molecule has 0 aliphatic carbocycles. The molecule has 0 spiro atoms. The van der Waals surface area contributed by atoms with E-state index in [0.717, 1.165) is 0 Å². The maximum absolute atomic E-state index is 11.3. The zero-order valence-corrected chi connectivity index (χ0v) is 8.82. The number of hydrogen-bond donors (Lipinski definition) is 1. The summed E-state index contributed by atoms with van der Waals surface area (Å²) in [5, 5.41) is 10.2. The number of carbonyl (C=O) groups is 2. The first-order chi connectivity index (χ1) is 7.59. The molecule has 4 nitrogen and oxygen atoms in total. The topological polar surface area (TPSA) is 63.6 Å². The van der Waals surface area contributed by atoms with Gasteiger partial charge in [0.05, 0.1) is 5.57 Å². The van der Waals surface area contributed by atoms with Crippen LogP contribution in [0.3, 0.4) is 0 Å². The Morgan fingerprint density at radius 3 is 2.69 bits per heavy atom. The van der Waals surface area contributed by atoms with Crippen molar-refractivity contribution in [2.45, 2.75) is 0 Å². The molecular weight excluding hydrogens is 232 g/mol. The van der Waals surface area contributed by atoms with Crippen LogP contribution in [0.1, 0.15) is 5.56 Å². The Morgan fingerprint density at radius 2 is 2.12 bits per heavy atom. The molecule has 0 saturated carbocycles. The number of carbonyl (C=O) groups excluding carboxylic acids is 2. The highest BCUT2D eigenvalue weighted by Gasteiger charge is 2.32. The van der Waals surface area contributed by atoms with Gasteiger partial charge in [0.25, 0.3) is 5.78 Å². The molecule has 0 amide bonds. The summed E-state index contributed by atoms with van der Waals surface area (Å²) in [7, 11) is 0. The number of esters is 1. The van der Waals surface area contributed by atoms with Crippen molar-refractivity contribution in [3.05, 3.63) is 40.4 Å². The minimum atomic E-state index is -0.941. The zero-order chi connectivity index (χ0) is 11.7. The first-order valence-corrected chi connectivity index (χ1v) is 4.87. The van der Waals surface area contributed by atoms with Crippen LogP contribution in [0.15, 0.2) is 29.8 Å². The standard InChI is InChI=1S/C11H7ClO4/c12-7-3-1-2-6(4-7)9(13)8-5-16-11(15)10(8)14/h1-4,13H,5H2/b9-8-. The number of aliphatic hydroxyl groups is 1. The number of benzene rings is 1. The lowest BCUT2D eigenvalue weighted by Gasteiger charge is -2.02. The van der Waals surface area contributed by atoms with Crippen LogP contribution < -0.4 is 0 Å². The molecule has 1 N–H and O–H groups in total. The lowest BCUT2D eigenvalue weighted by molar-refractivity contribution is -0.146. The molecule has 5 heteroatoms. The fraction of sp³-hybridized carbons (Fsp3) is 0.0909. The average molecular weight is 239 g/mol. The smallest absolute Gasteiger partial charge is 0.379 e. The summed E-state index contributed by atoms with van der Waals surface area (Å²) in [6.45, 7) is -0.198. The van der Waals surface area contributed by atoms with E-state index in [1.807, 2.05) is 0 Å². The molecule has 1 aromatic rings. The Kier molecular flexibility index (Phi) is 2.66. The molecule has 1 heterocycles. The summed E-state index contributed by atoms with van der Waals surface area (Å²) in [6.07, 6.45) is 0. The average Bonchev–Trinajstić information content (AvgIpc) is 2.59. The maximum Gasteiger partial charge on any atom is 0.379 e. The van der Waals surface area contributed by atoms with Crippen molar-refractivity contribution < 1.29 is 19.4 Å². The van der Waals surface area contributed by atoms with Gasteiger partial charge < -0.3 is 9.84 Å². The van der Waals surface area contributed by atoms with Gasteiger partial charge in [0.2, 0.25) is 0 Å². The van der Waals surface area contributed by atoms with Crippen molar-refractivity contribution in [3.63, 3.8) is 0 Å². The van der Waals surface area contributed by atoms with E-state index in [2.05, 4.69) is 4.74 Å². The number of hydrogen-bond acceptors (Lipinski definition) is 4. The summed E-state index contributed by atoms with van der Waals surface area (Å²) in [6, 6.07) is 6.36. The van der Waals surface area contributed by atoms with Gasteiger partial charge in [0.15, 0.2) is 0 Å². The molecule has 0 aromatic heterocycles. The summed E-state index contributed by atoms with van der Waals surface area (Å²) in [4.78, 5) is 22.1. The summed E-state index contributed by atoms with van der Waals surface area (Å²) in [5.74, 6) is -2.01. The molecule has 1 fully saturated rings. The van der Waals surface area contributed by atoms with Crippen LogP contribution in [-0.2, 0) is 14.3 Å². The van der Waals surface area contributed by atoms with Crippen molar-refractivity contribution in [3.8, 4) is 0 Å². The molecule has 0 bridgehead atoms. The van der Waals surface area contributed by atoms with E-state index < -0.39 is 11.8 Å². The molecule has 1 aliphatic heterocycles. The van der Waals surface area contributed by atoms with E-state index in [9.17, 15) is 14.7 Å². The number of ether oxygens (including phenoxy) is 1.